The molecule has 0 aliphatic carbocycles. The SMILES string of the molecule is Oc1cccc(Cl)c1CNc1cc(Br)cnc1Cl. The topological polar surface area (TPSA) is 45.1 Å². The first-order chi connectivity index (χ1) is 8.58. The van der Waals surface area contributed by atoms with Crippen molar-refractivity contribution in [3.8, 4) is 5.75 Å². The second kappa shape index (κ2) is 5.78. The molecule has 6 heteroatoms. The molecule has 3 nitrogen and oxygen atoms in total. The molecule has 0 unspecified atom stereocenters. The molecule has 0 aliphatic heterocycles. The smallest absolute Gasteiger partial charge is 0.152 e. The van der Waals surface area contributed by atoms with Gasteiger partial charge >= 0.3 is 0 Å². The van der Waals surface area contributed by atoms with E-state index >= 15 is 0 Å². The Morgan fingerprint density at radius 2 is 2.11 bits per heavy atom. The van der Waals surface area contributed by atoms with Gasteiger partial charge in [0, 0.05) is 27.8 Å². The highest BCUT2D eigenvalue weighted by Gasteiger charge is 2.07. The first-order valence-electron chi connectivity index (χ1n) is 5.09. The molecule has 2 N–H and O–H groups in total. The quantitative estimate of drug-likeness (QED) is 0.805. The largest absolute Gasteiger partial charge is 0.508 e. The number of benzene rings is 1. The van der Waals surface area contributed by atoms with Crippen LogP contribution in [0.3, 0.4) is 0 Å². The molecule has 0 spiro atoms. The normalized spacial score (nSPS) is 10.4. The van der Waals surface area contributed by atoms with Gasteiger partial charge in [0.2, 0.25) is 0 Å². The summed E-state index contributed by atoms with van der Waals surface area (Å²) >= 11 is 15.3. The van der Waals surface area contributed by atoms with Crippen molar-refractivity contribution in [3.05, 3.63) is 50.7 Å². The summed E-state index contributed by atoms with van der Waals surface area (Å²) in [5.74, 6) is 0.147. The third-order valence-electron chi connectivity index (χ3n) is 2.36. The zero-order chi connectivity index (χ0) is 13.1. The fraction of sp³-hybridized carbons (Fsp3) is 0.0833. The molecule has 1 heterocycles. The van der Waals surface area contributed by atoms with Crippen LogP contribution in [0.15, 0.2) is 34.9 Å². The van der Waals surface area contributed by atoms with Crippen LogP contribution in [0.5, 0.6) is 5.75 Å². The molecule has 0 saturated carbocycles. The third-order valence-corrected chi connectivity index (χ3v) is 3.44. The first kappa shape index (κ1) is 13.5. The van der Waals surface area contributed by atoms with Gasteiger partial charge in [0.05, 0.1) is 5.69 Å². The van der Waals surface area contributed by atoms with Gasteiger partial charge in [0.25, 0.3) is 0 Å². The van der Waals surface area contributed by atoms with Crippen molar-refractivity contribution in [2.75, 3.05) is 5.32 Å². The van der Waals surface area contributed by atoms with Crippen LogP contribution in [0.4, 0.5) is 5.69 Å². The van der Waals surface area contributed by atoms with E-state index in [9.17, 15) is 5.11 Å². The van der Waals surface area contributed by atoms with E-state index < -0.39 is 0 Å². The molecule has 94 valence electrons. The van der Waals surface area contributed by atoms with Gasteiger partial charge in [-0.2, -0.15) is 0 Å². The van der Waals surface area contributed by atoms with Crippen LogP contribution >= 0.6 is 39.1 Å². The van der Waals surface area contributed by atoms with Gasteiger partial charge in [0.15, 0.2) is 5.15 Å². The lowest BCUT2D eigenvalue weighted by atomic mass is 10.2. The van der Waals surface area contributed by atoms with E-state index in [2.05, 4.69) is 26.2 Å². The van der Waals surface area contributed by atoms with Gasteiger partial charge in [-0.15, -0.1) is 0 Å². The summed E-state index contributed by atoms with van der Waals surface area (Å²) in [6, 6.07) is 6.81. The Bertz CT molecular complexity index is 558. The van der Waals surface area contributed by atoms with Crippen LogP contribution in [0, 0.1) is 0 Å². The number of nitrogens with zero attached hydrogens (tertiary/aromatic N) is 1. The number of halogens is 3. The Labute approximate surface area is 123 Å². The highest BCUT2D eigenvalue weighted by molar-refractivity contribution is 9.10. The summed E-state index contributed by atoms with van der Waals surface area (Å²) in [4.78, 5) is 4.00. The summed E-state index contributed by atoms with van der Waals surface area (Å²) in [7, 11) is 0. The van der Waals surface area contributed by atoms with Crippen LogP contribution in [0.2, 0.25) is 10.2 Å². The van der Waals surface area contributed by atoms with Crippen molar-refractivity contribution in [2.24, 2.45) is 0 Å². The van der Waals surface area contributed by atoms with Gasteiger partial charge in [-0.3, -0.25) is 0 Å². The van der Waals surface area contributed by atoms with Crippen molar-refractivity contribution in [1.82, 2.24) is 4.98 Å². The Morgan fingerprint density at radius 3 is 2.83 bits per heavy atom. The number of pyridine rings is 1. The van der Waals surface area contributed by atoms with Crippen molar-refractivity contribution in [2.45, 2.75) is 6.54 Å². The van der Waals surface area contributed by atoms with E-state index in [0.29, 0.717) is 28.0 Å². The number of aromatic nitrogens is 1. The summed E-state index contributed by atoms with van der Waals surface area (Å²) in [6.45, 7) is 0.364. The van der Waals surface area contributed by atoms with E-state index in [1.54, 1.807) is 24.4 Å². The average Bonchev–Trinajstić information content (AvgIpc) is 2.33. The van der Waals surface area contributed by atoms with E-state index in [0.717, 1.165) is 4.47 Å². The van der Waals surface area contributed by atoms with E-state index in [-0.39, 0.29) is 5.75 Å². The van der Waals surface area contributed by atoms with Crippen LogP contribution < -0.4 is 5.32 Å². The zero-order valence-electron chi connectivity index (χ0n) is 9.12. The predicted octanol–water partition coefficient (Wildman–Crippen LogP) is 4.47. The number of hydrogen-bond donors (Lipinski definition) is 2. The van der Waals surface area contributed by atoms with Gasteiger partial charge in [0.1, 0.15) is 5.75 Å². The molecule has 0 aliphatic rings. The monoisotopic (exact) mass is 346 g/mol. The molecule has 0 amide bonds. The van der Waals surface area contributed by atoms with Crippen molar-refractivity contribution >= 4 is 44.8 Å². The fourth-order valence-electron chi connectivity index (χ4n) is 1.45. The van der Waals surface area contributed by atoms with Crippen LogP contribution in [-0.2, 0) is 6.54 Å². The minimum atomic E-state index is 0.147. The molecule has 0 saturated heterocycles. The Balaban J connectivity index is 2.19. The minimum absolute atomic E-state index is 0.147. The van der Waals surface area contributed by atoms with Gasteiger partial charge in [-0.25, -0.2) is 4.98 Å². The highest BCUT2D eigenvalue weighted by atomic mass is 79.9. The zero-order valence-corrected chi connectivity index (χ0v) is 12.2. The molecule has 0 fully saturated rings. The lowest BCUT2D eigenvalue weighted by molar-refractivity contribution is 0.469. The number of hydrogen-bond acceptors (Lipinski definition) is 3. The van der Waals surface area contributed by atoms with Gasteiger partial charge in [-0.1, -0.05) is 29.3 Å². The molecule has 18 heavy (non-hydrogen) atoms. The summed E-state index contributed by atoms with van der Waals surface area (Å²) in [5, 5.41) is 13.7. The molecule has 1 aromatic carbocycles. The van der Waals surface area contributed by atoms with E-state index in [4.69, 9.17) is 23.2 Å². The van der Waals surface area contributed by atoms with Crippen LogP contribution in [0.1, 0.15) is 5.56 Å². The summed E-state index contributed by atoms with van der Waals surface area (Å²) < 4.78 is 0.817. The minimum Gasteiger partial charge on any atom is -0.508 e. The van der Waals surface area contributed by atoms with Crippen molar-refractivity contribution in [1.29, 1.82) is 0 Å². The molecular weight excluding hydrogens is 339 g/mol. The summed E-state index contributed by atoms with van der Waals surface area (Å²) in [6.07, 6.45) is 1.61. The maximum atomic E-state index is 9.71. The van der Waals surface area contributed by atoms with Crippen molar-refractivity contribution in [3.63, 3.8) is 0 Å². The summed E-state index contributed by atoms with van der Waals surface area (Å²) in [5.41, 5.74) is 1.29. The fourth-order valence-corrected chi connectivity index (χ4v) is 2.19. The predicted molar refractivity (Wildman–Crippen MR) is 77.4 cm³/mol. The van der Waals surface area contributed by atoms with Crippen molar-refractivity contribution < 1.29 is 5.11 Å². The number of rotatable bonds is 3. The van der Waals surface area contributed by atoms with Crippen LogP contribution in [-0.4, -0.2) is 10.1 Å². The van der Waals surface area contributed by atoms with Gasteiger partial charge in [-0.05, 0) is 34.1 Å². The second-order valence-corrected chi connectivity index (χ2v) is 5.26. The Hall–Kier alpha value is -0.970. The maximum Gasteiger partial charge on any atom is 0.152 e. The highest BCUT2D eigenvalue weighted by Crippen LogP contribution is 2.28. The third kappa shape index (κ3) is 3.07. The number of phenols is 1. The standard InChI is InChI=1S/C12H9BrCl2N2O/c13-7-4-10(12(15)17-5-7)16-6-8-9(14)2-1-3-11(8)18/h1-5,16,18H,6H2. The molecule has 2 rings (SSSR count). The lowest BCUT2D eigenvalue weighted by Crippen LogP contribution is -2.01. The molecule has 0 radical (unpaired) electrons. The second-order valence-electron chi connectivity index (χ2n) is 3.58. The number of aromatic hydroxyl groups is 1. The Morgan fingerprint density at radius 1 is 1.33 bits per heavy atom. The molecule has 0 atom stereocenters. The average molecular weight is 348 g/mol. The lowest BCUT2D eigenvalue weighted by Gasteiger charge is -2.10. The Kier molecular flexibility index (Phi) is 4.32. The molecule has 2 aromatic rings. The van der Waals surface area contributed by atoms with Crippen LogP contribution in [0.25, 0.3) is 0 Å². The maximum absolute atomic E-state index is 9.71. The molecule has 1 aromatic heterocycles. The van der Waals surface area contributed by atoms with E-state index in [1.165, 1.54) is 0 Å². The number of anilines is 1. The number of nitrogens with one attached hydrogen (secondary N) is 1. The first-order valence-corrected chi connectivity index (χ1v) is 6.64. The van der Waals surface area contributed by atoms with Gasteiger partial charge < -0.3 is 10.4 Å². The molecular formula is C12H9BrCl2N2O. The molecule has 0 bridgehead atoms. The van der Waals surface area contributed by atoms with E-state index in [1.807, 2.05) is 6.07 Å². The number of phenolic OH excluding ortho intramolecular Hbond substituents is 1.